The Labute approximate surface area is 175 Å². The fraction of sp³-hybridized carbons (Fsp3) is 0.417. The molecule has 0 bridgehead atoms. The van der Waals surface area contributed by atoms with Crippen LogP contribution in [0, 0.1) is 33.6 Å². The van der Waals surface area contributed by atoms with E-state index in [4.69, 9.17) is 9.47 Å². The van der Waals surface area contributed by atoms with E-state index in [2.05, 4.69) is 0 Å². The summed E-state index contributed by atoms with van der Waals surface area (Å²) in [5, 5.41) is 0. The van der Waals surface area contributed by atoms with Gasteiger partial charge in [0.15, 0.2) is 11.0 Å². The summed E-state index contributed by atoms with van der Waals surface area (Å²) in [5.41, 5.74) is 4.64. The van der Waals surface area contributed by atoms with Crippen LogP contribution in [0.5, 0.6) is 11.5 Å². The van der Waals surface area contributed by atoms with E-state index >= 15 is 0 Å². The maximum atomic E-state index is 13.7. The third-order valence-corrected chi connectivity index (χ3v) is 7.32. The van der Waals surface area contributed by atoms with Gasteiger partial charge >= 0.3 is 0 Å². The lowest BCUT2D eigenvalue weighted by Crippen LogP contribution is -2.15. The molecule has 1 atom stereocenters. The summed E-state index contributed by atoms with van der Waals surface area (Å²) in [7, 11) is 1.46. The summed E-state index contributed by atoms with van der Waals surface area (Å²) in [6.07, 6.45) is 0.528. The van der Waals surface area contributed by atoms with Crippen molar-refractivity contribution in [2.75, 3.05) is 20.4 Å². The maximum Gasteiger partial charge on any atom is 0.199 e. The van der Waals surface area contributed by atoms with Gasteiger partial charge in [-0.3, -0.25) is 9.59 Å². The highest BCUT2D eigenvalue weighted by Gasteiger charge is 2.34. The first-order chi connectivity index (χ1) is 13.6. The van der Waals surface area contributed by atoms with Crippen LogP contribution in [0.15, 0.2) is 24.3 Å². The number of ether oxygens (including phenoxy) is 2. The molecule has 2 rings (SSSR count). The Bertz CT molecular complexity index is 882. The predicted octanol–water partition coefficient (Wildman–Crippen LogP) is 6.06. The van der Waals surface area contributed by atoms with Crippen LogP contribution in [0.1, 0.15) is 56.8 Å². The van der Waals surface area contributed by atoms with Crippen molar-refractivity contribution in [2.45, 2.75) is 41.5 Å². The lowest BCUT2D eigenvalue weighted by atomic mass is 10.0. The maximum absolute atomic E-state index is 13.7. The number of methoxy groups -OCH3 is 2. The number of hydrogen-bond donors (Lipinski definition) is 0. The molecule has 0 aliphatic carbocycles. The molecule has 0 fully saturated rings. The van der Waals surface area contributed by atoms with Crippen molar-refractivity contribution < 1.29 is 19.1 Å². The Morgan fingerprint density at radius 1 is 0.793 bits per heavy atom. The first-order valence-corrected chi connectivity index (χ1v) is 11.3. The molecule has 2 aromatic rings. The Morgan fingerprint density at radius 3 is 1.62 bits per heavy atom. The van der Waals surface area contributed by atoms with Crippen LogP contribution in [-0.4, -0.2) is 31.4 Å². The molecule has 1 unspecified atom stereocenters. The summed E-state index contributed by atoms with van der Waals surface area (Å²) in [5.74, 6) is 1.11. The van der Waals surface area contributed by atoms with E-state index in [0.717, 1.165) is 22.3 Å². The minimum Gasteiger partial charge on any atom is -0.496 e. The lowest BCUT2D eigenvalue weighted by Gasteiger charge is -2.22. The number of carbonyl (C=O) groups excluding carboxylic acids is 2. The Morgan fingerprint density at radius 2 is 1.21 bits per heavy atom. The van der Waals surface area contributed by atoms with Gasteiger partial charge in [0.2, 0.25) is 0 Å². The third kappa shape index (κ3) is 5.05. The van der Waals surface area contributed by atoms with E-state index in [1.54, 1.807) is 0 Å². The van der Waals surface area contributed by atoms with E-state index in [9.17, 15) is 9.59 Å². The highest BCUT2D eigenvalue weighted by atomic mass is 31.1. The van der Waals surface area contributed by atoms with Crippen molar-refractivity contribution >= 4 is 19.0 Å². The lowest BCUT2D eigenvalue weighted by molar-refractivity contribution is 0.104. The highest BCUT2D eigenvalue weighted by molar-refractivity contribution is 7.90. The molecule has 5 heteroatoms. The molecule has 0 aromatic heterocycles. The van der Waals surface area contributed by atoms with E-state index in [0.29, 0.717) is 28.8 Å². The van der Waals surface area contributed by atoms with Crippen LogP contribution in [0.2, 0.25) is 0 Å². The van der Waals surface area contributed by atoms with Crippen LogP contribution >= 0.6 is 7.92 Å². The highest BCUT2D eigenvalue weighted by Crippen LogP contribution is 2.49. The Hall–Kier alpha value is -2.19. The largest absolute Gasteiger partial charge is 0.496 e. The molecule has 0 N–H and O–H groups in total. The van der Waals surface area contributed by atoms with Gasteiger partial charge in [-0.05, 0) is 68.6 Å². The van der Waals surface area contributed by atoms with Crippen LogP contribution in [0.4, 0.5) is 0 Å². The predicted molar refractivity (Wildman–Crippen MR) is 120 cm³/mol. The van der Waals surface area contributed by atoms with Crippen LogP contribution in [0.25, 0.3) is 0 Å². The van der Waals surface area contributed by atoms with E-state index in [-0.39, 0.29) is 17.0 Å². The Balaban J connectivity index is 2.63. The molecule has 0 radical (unpaired) electrons. The van der Waals surface area contributed by atoms with Crippen molar-refractivity contribution in [2.24, 2.45) is 5.92 Å². The summed E-state index contributed by atoms with van der Waals surface area (Å²) in [6, 6.07) is 7.62. The smallest absolute Gasteiger partial charge is 0.199 e. The van der Waals surface area contributed by atoms with E-state index < -0.39 is 7.92 Å². The van der Waals surface area contributed by atoms with Crippen LogP contribution in [0.3, 0.4) is 0 Å². The topological polar surface area (TPSA) is 52.6 Å². The standard InChI is InChI=1S/C24H31O4P/c1-14(2)13-29(23(25)21-17(5)9-15(3)10-18(21)6)24(26)22-19(27-7)11-16(4)12-20(22)28-8/h9-12,14H,13H2,1-8H3. The average molecular weight is 414 g/mol. The molecule has 0 amide bonds. The van der Waals surface area contributed by atoms with Crippen molar-refractivity contribution in [1.82, 2.24) is 0 Å². The first kappa shape index (κ1) is 23.1. The van der Waals surface area contributed by atoms with Crippen molar-refractivity contribution in [1.29, 1.82) is 0 Å². The van der Waals surface area contributed by atoms with Crippen LogP contribution < -0.4 is 9.47 Å². The van der Waals surface area contributed by atoms with E-state index in [1.165, 1.54) is 14.2 Å². The van der Waals surface area contributed by atoms with Gasteiger partial charge in [-0.2, -0.15) is 0 Å². The van der Waals surface area contributed by atoms with Gasteiger partial charge in [0, 0.05) is 13.5 Å². The Kier molecular flexibility index (Phi) is 7.60. The zero-order valence-electron chi connectivity index (χ0n) is 18.7. The number of benzene rings is 2. The average Bonchev–Trinajstić information content (AvgIpc) is 2.63. The molecule has 2 aromatic carbocycles. The SMILES string of the molecule is COc1cc(C)cc(OC)c1C(=O)P(CC(C)C)C(=O)c1c(C)cc(C)cc1C. The van der Waals surface area contributed by atoms with Gasteiger partial charge in [0.1, 0.15) is 17.1 Å². The summed E-state index contributed by atoms with van der Waals surface area (Å²) in [6.45, 7) is 11.9. The van der Waals surface area contributed by atoms with Gasteiger partial charge in [0.05, 0.1) is 14.2 Å². The van der Waals surface area contributed by atoms with Crippen molar-refractivity contribution in [3.05, 3.63) is 57.6 Å². The molecule has 0 heterocycles. The molecule has 29 heavy (non-hydrogen) atoms. The van der Waals surface area contributed by atoms with Gasteiger partial charge in [0.25, 0.3) is 0 Å². The second kappa shape index (κ2) is 9.54. The summed E-state index contributed by atoms with van der Waals surface area (Å²) in [4.78, 5) is 27.3. The van der Waals surface area contributed by atoms with Gasteiger partial charge in [-0.25, -0.2) is 0 Å². The minimum atomic E-state index is -1.61. The first-order valence-electron chi connectivity index (χ1n) is 9.77. The molecule has 4 nitrogen and oxygen atoms in total. The van der Waals surface area contributed by atoms with Gasteiger partial charge in [-0.1, -0.05) is 31.5 Å². The third-order valence-electron chi connectivity index (χ3n) is 4.79. The molecule has 0 aliphatic rings. The quantitative estimate of drug-likeness (QED) is 0.493. The number of rotatable bonds is 8. The molecule has 0 aliphatic heterocycles. The van der Waals surface area contributed by atoms with Crippen molar-refractivity contribution in [3.8, 4) is 11.5 Å². The molecule has 0 spiro atoms. The number of hydrogen-bond acceptors (Lipinski definition) is 4. The van der Waals surface area contributed by atoms with Crippen LogP contribution in [-0.2, 0) is 0 Å². The summed E-state index contributed by atoms with van der Waals surface area (Å²) < 4.78 is 11.0. The number of carbonyl (C=O) groups is 2. The molecular formula is C24H31O4P. The van der Waals surface area contributed by atoms with E-state index in [1.807, 2.05) is 65.8 Å². The zero-order valence-corrected chi connectivity index (χ0v) is 19.6. The fourth-order valence-electron chi connectivity index (χ4n) is 3.66. The normalized spacial score (nSPS) is 12.0. The molecule has 156 valence electrons. The summed E-state index contributed by atoms with van der Waals surface area (Å²) >= 11 is 0. The second-order valence-corrected chi connectivity index (χ2v) is 9.97. The molecule has 0 saturated heterocycles. The number of aryl methyl sites for hydroxylation is 4. The molecule has 0 saturated carbocycles. The monoisotopic (exact) mass is 414 g/mol. The van der Waals surface area contributed by atoms with Gasteiger partial charge in [-0.15, -0.1) is 0 Å². The zero-order chi connectivity index (χ0) is 21.9. The van der Waals surface area contributed by atoms with Gasteiger partial charge < -0.3 is 9.47 Å². The minimum absolute atomic E-state index is 0.0709. The molecular weight excluding hydrogens is 383 g/mol. The fourth-order valence-corrected chi connectivity index (χ4v) is 6.02. The second-order valence-electron chi connectivity index (χ2n) is 7.93. The van der Waals surface area contributed by atoms with Crippen molar-refractivity contribution in [3.63, 3.8) is 0 Å².